The highest BCUT2D eigenvalue weighted by atomic mass is 15.2. The van der Waals surface area contributed by atoms with E-state index in [0.29, 0.717) is 5.82 Å². The lowest BCUT2D eigenvalue weighted by Gasteiger charge is -2.40. The first-order valence-corrected chi connectivity index (χ1v) is 5.54. The van der Waals surface area contributed by atoms with Gasteiger partial charge in [0.2, 0.25) is 0 Å². The Bertz CT molecular complexity index is 485. The molecule has 0 radical (unpaired) electrons. The van der Waals surface area contributed by atoms with Crippen LogP contribution >= 0.6 is 0 Å². The number of H-pyrrole nitrogens is 1. The van der Waals surface area contributed by atoms with E-state index in [0.717, 1.165) is 24.2 Å². The van der Waals surface area contributed by atoms with E-state index >= 15 is 0 Å². The number of hydrogen-bond acceptors (Lipinski definition) is 3. The molecule has 0 atom stereocenters. The summed E-state index contributed by atoms with van der Waals surface area (Å²) in [6.07, 6.45) is 5.31. The summed E-state index contributed by atoms with van der Waals surface area (Å²) in [4.78, 5) is 4.47. The second kappa shape index (κ2) is 3.33. The second-order valence-electron chi connectivity index (χ2n) is 4.36. The van der Waals surface area contributed by atoms with Crippen molar-refractivity contribution in [1.29, 1.82) is 0 Å². The summed E-state index contributed by atoms with van der Waals surface area (Å²) in [5.74, 6) is 0.553. The van der Waals surface area contributed by atoms with Gasteiger partial charge in [-0.3, -0.25) is 10.1 Å². The molecular weight excluding hydrogens is 200 g/mol. The molecule has 1 saturated carbocycles. The van der Waals surface area contributed by atoms with Crippen molar-refractivity contribution >= 4 is 5.82 Å². The highest BCUT2D eigenvalue weighted by molar-refractivity contribution is 5.40. The van der Waals surface area contributed by atoms with E-state index in [-0.39, 0.29) is 5.41 Å². The van der Waals surface area contributed by atoms with E-state index in [1.807, 2.05) is 24.4 Å². The first-order valence-electron chi connectivity index (χ1n) is 5.54. The molecule has 0 aromatic carbocycles. The van der Waals surface area contributed by atoms with Crippen LogP contribution in [-0.2, 0) is 5.41 Å². The maximum atomic E-state index is 5.67. The van der Waals surface area contributed by atoms with Crippen LogP contribution in [-0.4, -0.2) is 15.2 Å². The topological polar surface area (TPSA) is 67.6 Å². The Kier molecular flexibility index (Phi) is 1.96. The predicted octanol–water partition coefficient (Wildman–Crippen LogP) is 1.86. The Hall–Kier alpha value is -1.84. The molecule has 4 heteroatoms. The molecule has 0 unspecified atom stereocenters. The van der Waals surface area contributed by atoms with Gasteiger partial charge in [-0.25, -0.2) is 0 Å². The highest BCUT2D eigenvalue weighted by Crippen LogP contribution is 2.47. The van der Waals surface area contributed by atoms with Gasteiger partial charge in [0, 0.05) is 18.0 Å². The van der Waals surface area contributed by atoms with Gasteiger partial charge in [-0.1, -0.05) is 12.5 Å². The second-order valence-corrected chi connectivity index (χ2v) is 4.36. The molecule has 2 aromatic heterocycles. The van der Waals surface area contributed by atoms with Crippen molar-refractivity contribution in [3.8, 4) is 0 Å². The van der Waals surface area contributed by atoms with E-state index in [9.17, 15) is 0 Å². The van der Waals surface area contributed by atoms with Crippen LogP contribution in [0.1, 0.15) is 30.7 Å². The van der Waals surface area contributed by atoms with Crippen LogP contribution in [0.3, 0.4) is 0 Å². The number of aromatic nitrogens is 3. The molecule has 0 amide bonds. The molecule has 3 N–H and O–H groups in total. The molecule has 1 aliphatic carbocycles. The van der Waals surface area contributed by atoms with Gasteiger partial charge in [-0.2, -0.15) is 5.10 Å². The molecule has 82 valence electrons. The van der Waals surface area contributed by atoms with Crippen LogP contribution in [0.5, 0.6) is 0 Å². The van der Waals surface area contributed by atoms with Gasteiger partial charge in [-0.05, 0) is 25.0 Å². The third-order valence-electron chi connectivity index (χ3n) is 3.48. The summed E-state index contributed by atoms with van der Waals surface area (Å²) < 4.78 is 0. The third kappa shape index (κ3) is 1.23. The molecule has 3 rings (SSSR count). The Balaban J connectivity index is 2.07. The maximum absolute atomic E-state index is 5.67. The van der Waals surface area contributed by atoms with Gasteiger partial charge in [0.15, 0.2) is 0 Å². The van der Waals surface area contributed by atoms with Gasteiger partial charge in [0.1, 0.15) is 5.82 Å². The standard InChI is InChI=1S/C12H14N4/c13-11-8-10(15-16-11)12(5-3-6-12)9-4-1-2-7-14-9/h1-2,4,7-8H,3,5-6H2,(H3,13,15,16). The molecule has 1 aliphatic rings. The average Bonchev–Trinajstić information content (AvgIpc) is 2.65. The van der Waals surface area contributed by atoms with E-state index < -0.39 is 0 Å². The summed E-state index contributed by atoms with van der Waals surface area (Å²) in [6, 6.07) is 7.98. The van der Waals surface area contributed by atoms with Crippen LogP contribution in [0.2, 0.25) is 0 Å². The number of nitrogen functional groups attached to an aromatic ring is 1. The Morgan fingerprint density at radius 1 is 1.31 bits per heavy atom. The van der Waals surface area contributed by atoms with E-state index in [4.69, 9.17) is 5.73 Å². The lowest BCUT2D eigenvalue weighted by atomic mass is 9.64. The first-order chi connectivity index (χ1) is 7.81. The van der Waals surface area contributed by atoms with Gasteiger partial charge in [-0.15, -0.1) is 0 Å². The molecule has 2 aromatic rings. The summed E-state index contributed by atoms with van der Waals surface area (Å²) in [5, 5.41) is 7.05. The molecule has 0 aliphatic heterocycles. The maximum Gasteiger partial charge on any atom is 0.145 e. The molecule has 16 heavy (non-hydrogen) atoms. The van der Waals surface area contributed by atoms with Gasteiger partial charge in [0.25, 0.3) is 0 Å². The number of rotatable bonds is 2. The minimum atomic E-state index is 0.0197. The fourth-order valence-electron chi connectivity index (χ4n) is 2.42. The largest absolute Gasteiger partial charge is 0.382 e. The number of nitrogens with zero attached hydrogens (tertiary/aromatic N) is 2. The summed E-state index contributed by atoms with van der Waals surface area (Å²) >= 11 is 0. The Morgan fingerprint density at radius 3 is 2.69 bits per heavy atom. The summed E-state index contributed by atoms with van der Waals surface area (Å²) in [5.41, 5.74) is 7.90. The number of aromatic amines is 1. The minimum Gasteiger partial charge on any atom is -0.382 e. The smallest absolute Gasteiger partial charge is 0.145 e. The number of nitrogens with one attached hydrogen (secondary N) is 1. The predicted molar refractivity (Wildman–Crippen MR) is 61.9 cm³/mol. The van der Waals surface area contributed by atoms with Crippen molar-refractivity contribution in [2.24, 2.45) is 0 Å². The number of hydrogen-bond donors (Lipinski definition) is 2. The van der Waals surface area contributed by atoms with Crippen LogP contribution in [0, 0.1) is 0 Å². The van der Waals surface area contributed by atoms with Gasteiger partial charge in [0.05, 0.1) is 11.1 Å². The van der Waals surface area contributed by atoms with E-state index in [2.05, 4.69) is 21.2 Å². The molecule has 0 spiro atoms. The van der Waals surface area contributed by atoms with Gasteiger partial charge < -0.3 is 5.73 Å². The zero-order valence-corrected chi connectivity index (χ0v) is 8.98. The van der Waals surface area contributed by atoms with Crippen LogP contribution in [0.4, 0.5) is 5.82 Å². The SMILES string of the molecule is Nc1cc(C2(c3ccccn3)CCC2)[nH]n1. The van der Waals surface area contributed by atoms with Crippen LogP contribution < -0.4 is 5.73 Å². The van der Waals surface area contributed by atoms with Crippen molar-refractivity contribution in [2.45, 2.75) is 24.7 Å². The zero-order chi connectivity index (χ0) is 11.0. The normalized spacial score (nSPS) is 18.0. The fraction of sp³-hybridized carbons (Fsp3) is 0.333. The van der Waals surface area contributed by atoms with Crippen molar-refractivity contribution in [1.82, 2.24) is 15.2 Å². The summed E-state index contributed by atoms with van der Waals surface area (Å²) in [6.45, 7) is 0. The average molecular weight is 214 g/mol. The van der Waals surface area contributed by atoms with Gasteiger partial charge >= 0.3 is 0 Å². The third-order valence-corrected chi connectivity index (χ3v) is 3.48. The first kappa shape index (κ1) is 9.39. The zero-order valence-electron chi connectivity index (χ0n) is 8.98. The Labute approximate surface area is 93.9 Å². The van der Waals surface area contributed by atoms with Crippen molar-refractivity contribution in [2.75, 3.05) is 5.73 Å². The van der Waals surface area contributed by atoms with Crippen molar-refractivity contribution in [3.05, 3.63) is 41.9 Å². The number of anilines is 1. The quantitative estimate of drug-likeness (QED) is 0.801. The molecule has 0 saturated heterocycles. The van der Waals surface area contributed by atoms with Crippen LogP contribution in [0.15, 0.2) is 30.5 Å². The highest BCUT2D eigenvalue weighted by Gasteiger charge is 2.42. The number of nitrogens with two attached hydrogens (primary N) is 1. The molecule has 4 nitrogen and oxygen atoms in total. The van der Waals surface area contributed by atoms with Crippen molar-refractivity contribution < 1.29 is 0 Å². The summed E-state index contributed by atoms with van der Waals surface area (Å²) in [7, 11) is 0. The number of pyridine rings is 1. The lowest BCUT2D eigenvalue weighted by molar-refractivity contribution is 0.286. The van der Waals surface area contributed by atoms with E-state index in [1.165, 1.54) is 6.42 Å². The monoisotopic (exact) mass is 214 g/mol. The molecule has 2 heterocycles. The lowest BCUT2D eigenvalue weighted by Crippen LogP contribution is -2.36. The minimum absolute atomic E-state index is 0.0197. The Morgan fingerprint density at radius 2 is 2.19 bits per heavy atom. The van der Waals surface area contributed by atoms with Crippen LogP contribution in [0.25, 0.3) is 0 Å². The molecular formula is C12H14N4. The van der Waals surface area contributed by atoms with E-state index in [1.54, 1.807) is 0 Å². The van der Waals surface area contributed by atoms with Crippen molar-refractivity contribution in [3.63, 3.8) is 0 Å². The fourth-order valence-corrected chi connectivity index (χ4v) is 2.42. The molecule has 0 bridgehead atoms. The molecule has 1 fully saturated rings.